The molecule has 1 saturated carbocycles. The van der Waals surface area contributed by atoms with Gasteiger partial charge < -0.3 is 5.73 Å². The molecule has 0 radical (unpaired) electrons. The van der Waals surface area contributed by atoms with Crippen molar-refractivity contribution < 1.29 is 4.79 Å². The van der Waals surface area contributed by atoms with Crippen molar-refractivity contribution in [3.8, 4) is 0 Å². The van der Waals surface area contributed by atoms with E-state index in [4.69, 9.17) is 5.73 Å². The van der Waals surface area contributed by atoms with E-state index in [2.05, 4.69) is 15.9 Å². The quantitative estimate of drug-likeness (QED) is 0.660. The number of nitrogens with two attached hydrogens (primary N) is 1. The molecule has 0 unspecified atom stereocenters. The number of aryl methyl sites for hydroxylation is 1. The van der Waals surface area contributed by atoms with E-state index in [9.17, 15) is 4.79 Å². The third-order valence-electron chi connectivity index (χ3n) is 3.02. The number of nitrogen functional groups attached to an aromatic ring is 1. The van der Waals surface area contributed by atoms with Crippen LogP contribution in [0, 0.1) is 12.8 Å². The third-order valence-corrected chi connectivity index (χ3v) is 4.07. The van der Waals surface area contributed by atoms with Gasteiger partial charge in [-0.1, -0.05) is 6.42 Å². The summed E-state index contributed by atoms with van der Waals surface area (Å²) >= 11 is 3.46. The van der Waals surface area contributed by atoms with E-state index in [1.807, 2.05) is 13.0 Å². The van der Waals surface area contributed by atoms with Crippen molar-refractivity contribution in [3.63, 3.8) is 0 Å². The van der Waals surface area contributed by atoms with Gasteiger partial charge in [0, 0.05) is 21.6 Å². The number of carbonyl (C=O) groups is 1. The Morgan fingerprint density at radius 2 is 2.13 bits per heavy atom. The fraction of sp³-hybridized carbons (Fsp3) is 0.417. The molecule has 0 atom stereocenters. The Bertz CT molecular complexity index is 410. The van der Waals surface area contributed by atoms with Crippen LogP contribution in [0.4, 0.5) is 5.69 Å². The second-order valence-electron chi connectivity index (χ2n) is 4.19. The van der Waals surface area contributed by atoms with Crippen LogP contribution in [0.25, 0.3) is 0 Å². The molecular formula is C12H14BrNO. The lowest BCUT2D eigenvalue weighted by Crippen LogP contribution is -2.22. The van der Waals surface area contributed by atoms with Crippen LogP contribution in [0.15, 0.2) is 16.6 Å². The summed E-state index contributed by atoms with van der Waals surface area (Å²) < 4.78 is 0.897. The highest BCUT2D eigenvalue weighted by Crippen LogP contribution is 2.33. The molecular weight excluding hydrogens is 254 g/mol. The first-order valence-corrected chi connectivity index (χ1v) is 5.98. The van der Waals surface area contributed by atoms with Gasteiger partial charge in [0.05, 0.1) is 0 Å². The van der Waals surface area contributed by atoms with Crippen LogP contribution in [0.2, 0.25) is 0 Å². The molecule has 0 spiro atoms. The molecule has 0 aromatic heterocycles. The van der Waals surface area contributed by atoms with Crippen molar-refractivity contribution in [1.82, 2.24) is 0 Å². The number of Topliss-reactive ketones (excluding diaryl/α,β-unsaturated/α-hetero) is 1. The molecule has 2 N–H and O–H groups in total. The van der Waals surface area contributed by atoms with E-state index < -0.39 is 0 Å². The normalized spacial score (nSPS) is 16.1. The zero-order valence-electron chi connectivity index (χ0n) is 8.72. The number of ketones is 1. The number of hydrogen-bond acceptors (Lipinski definition) is 2. The first-order valence-electron chi connectivity index (χ1n) is 5.19. The van der Waals surface area contributed by atoms with Crippen LogP contribution in [0.5, 0.6) is 0 Å². The Balaban J connectivity index is 2.38. The van der Waals surface area contributed by atoms with Crippen LogP contribution in [0.1, 0.15) is 35.2 Å². The standard InChI is InChI=1S/C12H14BrNO/c1-7-5-9(14)6-10(11(7)13)12(15)8-3-2-4-8/h5-6,8H,2-4,14H2,1H3. The second-order valence-corrected chi connectivity index (χ2v) is 4.98. The van der Waals surface area contributed by atoms with Gasteiger partial charge in [0.25, 0.3) is 0 Å². The monoisotopic (exact) mass is 267 g/mol. The van der Waals surface area contributed by atoms with E-state index >= 15 is 0 Å². The van der Waals surface area contributed by atoms with Crippen LogP contribution < -0.4 is 5.73 Å². The number of carbonyl (C=O) groups excluding carboxylic acids is 1. The van der Waals surface area contributed by atoms with Crippen LogP contribution in [-0.4, -0.2) is 5.78 Å². The van der Waals surface area contributed by atoms with Gasteiger partial charge in [0.1, 0.15) is 0 Å². The van der Waals surface area contributed by atoms with Crippen molar-refractivity contribution in [2.24, 2.45) is 5.92 Å². The summed E-state index contributed by atoms with van der Waals surface area (Å²) in [6, 6.07) is 3.65. The van der Waals surface area contributed by atoms with Crippen LogP contribution >= 0.6 is 15.9 Å². The van der Waals surface area contributed by atoms with Crippen molar-refractivity contribution in [1.29, 1.82) is 0 Å². The highest BCUT2D eigenvalue weighted by Gasteiger charge is 2.27. The zero-order valence-corrected chi connectivity index (χ0v) is 10.3. The van der Waals surface area contributed by atoms with Gasteiger partial charge in [-0.3, -0.25) is 4.79 Å². The topological polar surface area (TPSA) is 43.1 Å². The van der Waals surface area contributed by atoms with E-state index in [1.54, 1.807) is 6.07 Å². The maximum atomic E-state index is 12.1. The minimum atomic E-state index is 0.225. The SMILES string of the molecule is Cc1cc(N)cc(C(=O)C2CCC2)c1Br. The van der Waals surface area contributed by atoms with Crippen molar-refractivity contribution >= 4 is 27.4 Å². The predicted molar refractivity (Wildman–Crippen MR) is 65.0 cm³/mol. The fourth-order valence-corrected chi connectivity index (χ4v) is 2.29. The Kier molecular flexibility index (Phi) is 2.83. The molecule has 1 aromatic rings. The van der Waals surface area contributed by atoms with Crippen LogP contribution in [0.3, 0.4) is 0 Å². The second kappa shape index (κ2) is 3.97. The highest BCUT2D eigenvalue weighted by molar-refractivity contribution is 9.10. The van der Waals surface area contributed by atoms with Gasteiger partial charge in [0.15, 0.2) is 5.78 Å². The molecule has 15 heavy (non-hydrogen) atoms. The maximum Gasteiger partial charge on any atom is 0.167 e. The number of rotatable bonds is 2. The molecule has 0 saturated heterocycles. The summed E-state index contributed by atoms with van der Waals surface area (Å²) in [5.74, 6) is 0.464. The zero-order chi connectivity index (χ0) is 11.0. The van der Waals surface area contributed by atoms with E-state index in [0.29, 0.717) is 5.69 Å². The van der Waals surface area contributed by atoms with E-state index in [1.165, 1.54) is 6.42 Å². The Morgan fingerprint density at radius 3 is 2.67 bits per heavy atom. The molecule has 0 aliphatic heterocycles. The molecule has 2 nitrogen and oxygen atoms in total. The molecule has 1 aliphatic carbocycles. The summed E-state index contributed by atoms with van der Waals surface area (Å²) in [6.45, 7) is 1.96. The number of halogens is 1. The molecule has 0 heterocycles. The Hall–Kier alpha value is -0.830. The number of hydrogen-bond donors (Lipinski definition) is 1. The molecule has 80 valence electrons. The van der Waals surface area contributed by atoms with Crippen LogP contribution in [-0.2, 0) is 0 Å². The Morgan fingerprint density at radius 1 is 1.47 bits per heavy atom. The molecule has 2 rings (SSSR count). The summed E-state index contributed by atoms with van der Waals surface area (Å²) in [5.41, 5.74) is 8.19. The van der Waals surface area contributed by atoms with Gasteiger partial charge in [-0.2, -0.15) is 0 Å². The minimum Gasteiger partial charge on any atom is -0.399 e. The predicted octanol–water partition coefficient (Wildman–Crippen LogP) is 3.32. The lowest BCUT2D eigenvalue weighted by molar-refractivity contribution is 0.0854. The first-order chi connectivity index (χ1) is 7.09. The summed E-state index contributed by atoms with van der Waals surface area (Å²) in [6.07, 6.45) is 3.23. The third kappa shape index (κ3) is 1.93. The lowest BCUT2D eigenvalue weighted by Gasteiger charge is -2.24. The molecule has 1 aromatic carbocycles. The molecule has 0 bridgehead atoms. The average molecular weight is 268 g/mol. The number of benzene rings is 1. The largest absolute Gasteiger partial charge is 0.399 e. The fourth-order valence-electron chi connectivity index (χ4n) is 1.87. The summed E-state index contributed by atoms with van der Waals surface area (Å²) in [7, 11) is 0. The highest BCUT2D eigenvalue weighted by atomic mass is 79.9. The van der Waals surface area contributed by atoms with Gasteiger partial charge >= 0.3 is 0 Å². The van der Waals surface area contributed by atoms with Gasteiger partial charge in [-0.15, -0.1) is 0 Å². The smallest absolute Gasteiger partial charge is 0.167 e. The molecule has 1 aliphatic rings. The van der Waals surface area contributed by atoms with Gasteiger partial charge in [-0.25, -0.2) is 0 Å². The maximum absolute atomic E-state index is 12.1. The minimum absolute atomic E-state index is 0.225. The molecule has 3 heteroatoms. The van der Waals surface area contributed by atoms with E-state index in [0.717, 1.165) is 28.4 Å². The van der Waals surface area contributed by atoms with Gasteiger partial charge in [-0.05, 0) is 53.4 Å². The van der Waals surface area contributed by atoms with Crippen molar-refractivity contribution in [2.75, 3.05) is 5.73 Å². The summed E-state index contributed by atoms with van der Waals surface area (Å²) in [5, 5.41) is 0. The number of anilines is 1. The lowest BCUT2D eigenvalue weighted by atomic mass is 9.79. The Labute approximate surface area is 98.0 Å². The van der Waals surface area contributed by atoms with Crippen molar-refractivity contribution in [3.05, 3.63) is 27.7 Å². The average Bonchev–Trinajstić information content (AvgIpc) is 2.08. The summed E-state index contributed by atoms with van der Waals surface area (Å²) in [4.78, 5) is 12.1. The first kappa shape index (κ1) is 10.7. The molecule has 1 fully saturated rings. The van der Waals surface area contributed by atoms with E-state index in [-0.39, 0.29) is 11.7 Å². The molecule has 0 amide bonds. The van der Waals surface area contributed by atoms with Crippen molar-refractivity contribution in [2.45, 2.75) is 26.2 Å². The van der Waals surface area contributed by atoms with Gasteiger partial charge in [0.2, 0.25) is 0 Å².